The molecule has 0 aromatic carbocycles. The number of aliphatic hydroxyl groups is 1. The van der Waals surface area contributed by atoms with Crippen molar-refractivity contribution >= 4 is 23.6 Å². The number of β-amino-alcohol motifs (C(OH)–C–C–N with tert-alkyl or cyclic N) is 1. The Kier molecular flexibility index (Phi) is 4.84. The SMILES string of the molecule is CC(C)n1cnnc1SCC(=O)N1CC(O)C[C@H]1C(=O)O. The summed E-state index contributed by atoms with van der Waals surface area (Å²) >= 11 is 1.22. The van der Waals surface area contributed by atoms with Crippen LogP contribution in [0.3, 0.4) is 0 Å². The fourth-order valence-electron chi connectivity index (χ4n) is 2.22. The first-order valence-corrected chi connectivity index (χ1v) is 7.61. The Labute approximate surface area is 126 Å². The van der Waals surface area contributed by atoms with Gasteiger partial charge in [-0.15, -0.1) is 10.2 Å². The highest BCUT2D eigenvalue weighted by molar-refractivity contribution is 7.99. The molecule has 0 aliphatic carbocycles. The average Bonchev–Trinajstić information content (AvgIpc) is 3.01. The van der Waals surface area contributed by atoms with Crippen molar-refractivity contribution < 1.29 is 19.8 Å². The standard InChI is InChI=1S/C12H18N4O4S/c1-7(2)16-6-13-14-12(16)21-5-10(18)15-4-8(17)3-9(15)11(19)20/h6-9,17H,3-5H2,1-2H3,(H,19,20)/t8?,9-/m0/s1. The number of carbonyl (C=O) groups excluding carboxylic acids is 1. The molecule has 1 aliphatic heterocycles. The fourth-order valence-corrected chi connectivity index (χ4v) is 3.15. The third kappa shape index (κ3) is 3.53. The topological polar surface area (TPSA) is 109 Å². The van der Waals surface area contributed by atoms with Crippen molar-refractivity contribution in [2.45, 2.75) is 43.6 Å². The normalized spacial score (nSPS) is 22.0. The van der Waals surface area contributed by atoms with Crippen molar-refractivity contribution in [1.29, 1.82) is 0 Å². The van der Waals surface area contributed by atoms with Gasteiger partial charge < -0.3 is 19.7 Å². The molecule has 2 heterocycles. The van der Waals surface area contributed by atoms with E-state index in [2.05, 4.69) is 10.2 Å². The van der Waals surface area contributed by atoms with E-state index in [4.69, 9.17) is 5.11 Å². The zero-order valence-corrected chi connectivity index (χ0v) is 12.7. The molecule has 1 aliphatic rings. The van der Waals surface area contributed by atoms with Gasteiger partial charge in [0, 0.05) is 19.0 Å². The number of hydrogen-bond donors (Lipinski definition) is 2. The van der Waals surface area contributed by atoms with Gasteiger partial charge in [0.2, 0.25) is 5.91 Å². The number of thioether (sulfide) groups is 1. The van der Waals surface area contributed by atoms with Crippen LogP contribution in [-0.4, -0.2) is 66.2 Å². The van der Waals surface area contributed by atoms with Crippen LogP contribution >= 0.6 is 11.8 Å². The number of hydrogen-bond acceptors (Lipinski definition) is 6. The summed E-state index contributed by atoms with van der Waals surface area (Å²) in [5.74, 6) is -1.33. The summed E-state index contributed by atoms with van der Waals surface area (Å²) in [7, 11) is 0. The molecule has 1 unspecified atom stereocenters. The predicted octanol–water partition coefficient (Wildman–Crippen LogP) is -0.00250. The number of aliphatic carboxylic acids is 1. The number of carbonyl (C=O) groups is 2. The van der Waals surface area contributed by atoms with Crippen molar-refractivity contribution in [2.24, 2.45) is 0 Å². The third-order valence-corrected chi connectivity index (χ3v) is 4.25. The minimum atomic E-state index is -1.09. The first-order valence-electron chi connectivity index (χ1n) is 6.62. The molecule has 1 fully saturated rings. The summed E-state index contributed by atoms with van der Waals surface area (Å²) in [5.41, 5.74) is 0. The fraction of sp³-hybridized carbons (Fsp3) is 0.667. The van der Waals surface area contributed by atoms with Crippen molar-refractivity contribution in [3.05, 3.63) is 6.33 Å². The van der Waals surface area contributed by atoms with Gasteiger partial charge in [-0.25, -0.2) is 4.79 Å². The highest BCUT2D eigenvalue weighted by Gasteiger charge is 2.38. The van der Waals surface area contributed by atoms with Gasteiger partial charge in [-0.3, -0.25) is 4.79 Å². The van der Waals surface area contributed by atoms with Crippen LogP contribution in [0.15, 0.2) is 11.5 Å². The van der Waals surface area contributed by atoms with E-state index in [-0.39, 0.29) is 30.7 Å². The van der Waals surface area contributed by atoms with E-state index in [1.807, 2.05) is 18.4 Å². The van der Waals surface area contributed by atoms with Crippen LogP contribution in [0.4, 0.5) is 0 Å². The zero-order chi connectivity index (χ0) is 15.6. The van der Waals surface area contributed by atoms with Crippen molar-refractivity contribution in [3.63, 3.8) is 0 Å². The van der Waals surface area contributed by atoms with Crippen LogP contribution in [0.1, 0.15) is 26.3 Å². The molecular weight excluding hydrogens is 296 g/mol. The first kappa shape index (κ1) is 15.8. The molecule has 116 valence electrons. The van der Waals surface area contributed by atoms with Gasteiger partial charge >= 0.3 is 5.97 Å². The molecule has 1 saturated heterocycles. The van der Waals surface area contributed by atoms with E-state index >= 15 is 0 Å². The predicted molar refractivity (Wildman–Crippen MR) is 74.9 cm³/mol. The smallest absolute Gasteiger partial charge is 0.326 e. The molecule has 9 heteroatoms. The average molecular weight is 314 g/mol. The Bertz CT molecular complexity index is 533. The van der Waals surface area contributed by atoms with E-state index < -0.39 is 18.1 Å². The Morgan fingerprint density at radius 2 is 2.24 bits per heavy atom. The lowest BCUT2D eigenvalue weighted by Gasteiger charge is -2.20. The van der Waals surface area contributed by atoms with Gasteiger partial charge in [-0.2, -0.15) is 0 Å². The summed E-state index contributed by atoms with van der Waals surface area (Å²) in [6, 6.07) is -0.769. The Morgan fingerprint density at radius 1 is 1.52 bits per heavy atom. The maximum Gasteiger partial charge on any atom is 0.326 e. The van der Waals surface area contributed by atoms with Gasteiger partial charge in [0.15, 0.2) is 5.16 Å². The van der Waals surface area contributed by atoms with Crippen LogP contribution in [0, 0.1) is 0 Å². The van der Waals surface area contributed by atoms with Crippen LogP contribution in [0.2, 0.25) is 0 Å². The van der Waals surface area contributed by atoms with E-state index in [0.29, 0.717) is 5.16 Å². The number of amides is 1. The quantitative estimate of drug-likeness (QED) is 0.736. The highest BCUT2D eigenvalue weighted by atomic mass is 32.2. The molecule has 0 spiro atoms. The first-order chi connectivity index (χ1) is 9.90. The minimum absolute atomic E-state index is 0.0627. The Balaban J connectivity index is 1.98. The zero-order valence-electron chi connectivity index (χ0n) is 11.8. The van der Waals surface area contributed by atoms with Crippen LogP contribution in [-0.2, 0) is 9.59 Å². The Morgan fingerprint density at radius 3 is 2.86 bits per heavy atom. The van der Waals surface area contributed by atoms with E-state index in [0.717, 1.165) is 0 Å². The highest BCUT2D eigenvalue weighted by Crippen LogP contribution is 2.23. The van der Waals surface area contributed by atoms with Gasteiger partial charge in [0.25, 0.3) is 0 Å². The molecule has 0 bridgehead atoms. The number of aromatic nitrogens is 3. The molecule has 1 aromatic heterocycles. The number of nitrogens with zero attached hydrogens (tertiary/aromatic N) is 4. The van der Waals surface area contributed by atoms with Crippen molar-refractivity contribution in [3.8, 4) is 0 Å². The van der Waals surface area contributed by atoms with Gasteiger partial charge in [-0.05, 0) is 13.8 Å². The molecule has 0 saturated carbocycles. The monoisotopic (exact) mass is 314 g/mol. The maximum atomic E-state index is 12.2. The lowest BCUT2D eigenvalue weighted by atomic mass is 10.2. The van der Waals surface area contributed by atoms with Crippen LogP contribution in [0.25, 0.3) is 0 Å². The van der Waals surface area contributed by atoms with Crippen LogP contribution in [0.5, 0.6) is 0 Å². The van der Waals surface area contributed by atoms with Crippen molar-refractivity contribution in [1.82, 2.24) is 19.7 Å². The summed E-state index contributed by atoms with van der Waals surface area (Å²) in [4.78, 5) is 24.5. The summed E-state index contributed by atoms with van der Waals surface area (Å²) in [6.45, 7) is 4.02. The van der Waals surface area contributed by atoms with Gasteiger partial charge in [0.05, 0.1) is 11.9 Å². The second-order valence-corrected chi connectivity index (χ2v) is 6.14. The lowest BCUT2D eigenvalue weighted by Crippen LogP contribution is -2.41. The minimum Gasteiger partial charge on any atom is -0.480 e. The third-order valence-electron chi connectivity index (χ3n) is 3.31. The van der Waals surface area contributed by atoms with E-state index in [1.54, 1.807) is 6.33 Å². The molecule has 2 N–H and O–H groups in total. The Hall–Kier alpha value is -1.61. The largest absolute Gasteiger partial charge is 0.480 e. The second kappa shape index (κ2) is 6.44. The van der Waals surface area contributed by atoms with Crippen LogP contribution < -0.4 is 0 Å². The second-order valence-electron chi connectivity index (χ2n) is 5.19. The summed E-state index contributed by atoms with van der Waals surface area (Å²) in [6.07, 6.45) is 0.893. The number of rotatable bonds is 5. The van der Waals surface area contributed by atoms with E-state index in [1.165, 1.54) is 16.7 Å². The lowest BCUT2D eigenvalue weighted by molar-refractivity contribution is -0.147. The molecule has 21 heavy (non-hydrogen) atoms. The maximum absolute atomic E-state index is 12.2. The summed E-state index contributed by atoms with van der Waals surface area (Å²) < 4.78 is 1.84. The number of carboxylic acids is 1. The molecular formula is C12H18N4O4S. The molecule has 0 radical (unpaired) electrons. The molecule has 2 atom stereocenters. The number of carboxylic acid groups (broad SMARTS) is 1. The molecule has 8 nitrogen and oxygen atoms in total. The molecule has 2 rings (SSSR count). The van der Waals surface area contributed by atoms with E-state index in [9.17, 15) is 14.7 Å². The number of likely N-dealkylation sites (tertiary alicyclic amines) is 1. The molecule has 1 aromatic rings. The van der Waals surface area contributed by atoms with Crippen molar-refractivity contribution in [2.75, 3.05) is 12.3 Å². The summed E-state index contributed by atoms with van der Waals surface area (Å²) in [5, 5.41) is 27.0. The van der Waals surface area contributed by atoms with Gasteiger partial charge in [-0.1, -0.05) is 11.8 Å². The van der Waals surface area contributed by atoms with Gasteiger partial charge in [0.1, 0.15) is 12.4 Å². The molecule has 1 amide bonds. The number of aliphatic hydroxyl groups excluding tert-OH is 1.